The van der Waals surface area contributed by atoms with Gasteiger partial charge in [-0.3, -0.25) is 19.3 Å². The molecule has 2 aromatic heterocycles. The molecule has 7 nitrogen and oxygen atoms in total. The molecule has 7 heteroatoms. The number of anilines is 1. The van der Waals surface area contributed by atoms with E-state index in [4.69, 9.17) is 0 Å². The number of pyridine rings is 1. The zero-order chi connectivity index (χ0) is 20.8. The molecule has 0 radical (unpaired) electrons. The maximum atomic E-state index is 13.4. The highest BCUT2D eigenvalue weighted by Gasteiger charge is 2.21. The van der Waals surface area contributed by atoms with Gasteiger partial charge in [0.05, 0.1) is 10.4 Å². The molecule has 0 aliphatic carbocycles. The van der Waals surface area contributed by atoms with Gasteiger partial charge in [0.2, 0.25) is 0 Å². The lowest BCUT2D eigenvalue weighted by molar-refractivity contribution is -0.383. The van der Waals surface area contributed by atoms with E-state index in [-0.39, 0.29) is 16.8 Å². The van der Waals surface area contributed by atoms with Crippen LogP contribution in [-0.2, 0) is 0 Å². The van der Waals surface area contributed by atoms with Crippen molar-refractivity contribution in [2.45, 2.75) is 26.2 Å². The molecule has 0 aliphatic rings. The van der Waals surface area contributed by atoms with E-state index in [0.29, 0.717) is 16.6 Å². The van der Waals surface area contributed by atoms with Crippen LogP contribution in [0, 0.1) is 10.1 Å². The molecule has 2 heterocycles. The Morgan fingerprint density at radius 1 is 1.03 bits per heavy atom. The minimum Gasteiger partial charge on any atom is -0.385 e. The predicted molar refractivity (Wildman–Crippen MR) is 120 cm³/mol. The van der Waals surface area contributed by atoms with Crippen LogP contribution in [0.25, 0.3) is 38.2 Å². The second-order valence-corrected chi connectivity index (χ2v) is 7.50. The quantitative estimate of drug-likeness (QED) is 0.243. The van der Waals surface area contributed by atoms with Crippen molar-refractivity contribution in [3.8, 4) is 0 Å². The van der Waals surface area contributed by atoms with Gasteiger partial charge in [0.25, 0.3) is 11.2 Å². The molecular weight excluding hydrogens is 380 g/mol. The molecule has 0 fully saturated rings. The molecule has 0 unspecified atom stereocenters. The van der Waals surface area contributed by atoms with E-state index < -0.39 is 4.92 Å². The number of hydrogen-bond donors (Lipinski definition) is 1. The monoisotopic (exact) mass is 400 g/mol. The molecule has 0 saturated carbocycles. The van der Waals surface area contributed by atoms with Crippen molar-refractivity contribution >= 4 is 49.6 Å². The minimum atomic E-state index is -0.460. The zero-order valence-electron chi connectivity index (χ0n) is 16.5. The highest BCUT2D eigenvalue weighted by Crippen LogP contribution is 2.34. The van der Waals surface area contributed by atoms with Gasteiger partial charge >= 0.3 is 0 Å². The van der Waals surface area contributed by atoms with Crippen LogP contribution in [0.15, 0.2) is 53.3 Å². The summed E-state index contributed by atoms with van der Waals surface area (Å²) in [6, 6.07) is 14.3. The molecule has 5 rings (SSSR count). The third kappa shape index (κ3) is 2.58. The summed E-state index contributed by atoms with van der Waals surface area (Å²) >= 11 is 0. The number of nitro groups is 1. The molecule has 0 bridgehead atoms. The van der Waals surface area contributed by atoms with Crippen molar-refractivity contribution in [2.75, 3.05) is 11.9 Å². The topological polar surface area (TPSA) is 89.5 Å². The fourth-order valence-corrected chi connectivity index (χ4v) is 4.26. The summed E-state index contributed by atoms with van der Waals surface area (Å²) in [6.45, 7) is 3.04. The third-order valence-electron chi connectivity index (χ3n) is 5.67. The summed E-state index contributed by atoms with van der Waals surface area (Å²) in [7, 11) is 0. The van der Waals surface area contributed by atoms with E-state index in [1.807, 2.05) is 30.3 Å². The number of para-hydroxylation sites is 1. The highest BCUT2D eigenvalue weighted by molar-refractivity contribution is 6.18. The first-order valence-electron chi connectivity index (χ1n) is 10.1. The Morgan fingerprint density at radius 3 is 2.63 bits per heavy atom. The normalized spacial score (nSPS) is 11.8. The van der Waals surface area contributed by atoms with Crippen molar-refractivity contribution in [3.05, 3.63) is 69.0 Å². The van der Waals surface area contributed by atoms with E-state index in [9.17, 15) is 14.9 Å². The predicted octanol–water partition coefficient (Wildman–Crippen LogP) is 5.10. The first-order valence-corrected chi connectivity index (χ1v) is 10.1. The number of non-ortho nitro benzene ring substituents is 1. The Morgan fingerprint density at radius 2 is 1.83 bits per heavy atom. The number of unbranched alkanes of at least 4 members (excludes halogenated alkanes) is 2. The van der Waals surface area contributed by atoms with E-state index in [0.717, 1.165) is 47.7 Å². The summed E-state index contributed by atoms with van der Waals surface area (Å²) in [5.74, 6) is 0. The summed E-state index contributed by atoms with van der Waals surface area (Å²) in [6.07, 6.45) is 3.40. The molecule has 3 aromatic carbocycles. The van der Waals surface area contributed by atoms with Gasteiger partial charge in [-0.15, -0.1) is 0 Å². The molecular formula is C23H20N4O3. The molecule has 5 aromatic rings. The van der Waals surface area contributed by atoms with E-state index >= 15 is 0 Å². The van der Waals surface area contributed by atoms with Crippen molar-refractivity contribution in [1.29, 1.82) is 0 Å². The fourth-order valence-electron chi connectivity index (χ4n) is 4.26. The third-order valence-corrected chi connectivity index (χ3v) is 5.67. The number of benzene rings is 3. The number of rotatable bonds is 6. The Bertz CT molecular complexity index is 1490. The largest absolute Gasteiger partial charge is 0.385 e. The van der Waals surface area contributed by atoms with Gasteiger partial charge in [0.1, 0.15) is 5.65 Å². The summed E-state index contributed by atoms with van der Waals surface area (Å²) in [5, 5.41) is 18.2. The maximum Gasteiger partial charge on any atom is 0.297 e. The highest BCUT2D eigenvalue weighted by atomic mass is 16.6. The molecule has 1 N–H and O–H groups in total. The minimum absolute atomic E-state index is 0.100. The summed E-state index contributed by atoms with van der Waals surface area (Å²) in [4.78, 5) is 29.0. The van der Waals surface area contributed by atoms with Crippen molar-refractivity contribution < 1.29 is 4.92 Å². The number of nitro benzene ring substituents is 1. The number of hydrogen-bond acceptors (Lipinski definition) is 5. The van der Waals surface area contributed by atoms with Crippen LogP contribution in [0.1, 0.15) is 26.2 Å². The van der Waals surface area contributed by atoms with Gasteiger partial charge in [0, 0.05) is 39.8 Å². The van der Waals surface area contributed by atoms with E-state index in [1.54, 1.807) is 12.1 Å². The van der Waals surface area contributed by atoms with E-state index in [1.165, 1.54) is 10.5 Å². The second-order valence-electron chi connectivity index (χ2n) is 7.50. The first kappa shape index (κ1) is 18.3. The average molecular weight is 400 g/mol. The van der Waals surface area contributed by atoms with Gasteiger partial charge in [0.15, 0.2) is 5.52 Å². The Hall–Kier alpha value is -3.74. The molecule has 0 spiro atoms. The lowest BCUT2D eigenvalue weighted by Crippen LogP contribution is -2.13. The molecule has 30 heavy (non-hydrogen) atoms. The average Bonchev–Trinajstić information content (AvgIpc) is 3.15. The summed E-state index contributed by atoms with van der Waals surface area (Å²) in [5.41, 5.74) is 1.80. The number of imidazole rings is 1. The van der Waals surface area contributed by atoms with Gasteiger partial charge in [-0.1, -0.05) is 44.0 Å². The van der Waals surface area contributed by atoms with Crippen LogP contribution in [0.3, 0.4) is 0 Å². The number of aromatic nitrogens is 2. The lowest BCUT2D eigenvalue weighted by atomic mass is 10.0. The van der Waals surface area contributed by atoms with Crippen molar-refractivity contribution in [1.82, 2.24) is 9.38 Å². The zero-order valence-corrected chi connectivity index (χ0v) is 16.5. The van der Waals surface area contributed by atoms with Crippen LogP contribution in [0.4, 0.5) is 11.4 Å². The molecule has 0 atom stereocenters. The summed E-state index contributed by atoms with van der Waals surface area (Å²) < 4.78 is 1.49. The van der Waals surface area contributed by atoms with Gasteiger partial charge in [-0.25, -0.2) is 4.98 Å². The molecule has 0 aliphatic heterocycles. The Labute approximate surface area is 171 Å². The molecule has 150 valence electrons. The van der Waals surface area contributed by atoms with Crippen LogP contribution in [0.5, 0.6) is 0 Å². The van der Waals surface area contributed by atoms with Gasteiger partial charge in [-0.05, 0) is 24.6 Å². The van der Waals surface area contributed by atoms with Crippen LogP contribution >= 0.6 is 0 Å². The molecule has 0 saturated heterocycles. The fraction of sp³-hybridized carbons (Fsp3) is 0.217. The van der Waals surface area contributed by atoms with Crippen LogP contribution < -0.4 is 10.9 Å². The van der Waals surface area contributed by atoms with Gasteiger partial charge < -0.3 is 5.32 Å². The Balaban J connectivity index is 1.84. The lowest BCUT2D eigenvalue weighted by Gasteiger charge is -2.13. The van der Waals surface area contributed by atoms with Crippen LogP contribution in [0.2, 0.25) is 0 Å². The number of nitrogens with zero attached hydrogens (tertiary/aromatic N) is 3. The maximum absolute atomic E-state index is 13.4. The van der Waals surface area contributed by atoms with Gasteiger partial charge in [-0.2, -0.15) is 0 Å². The van der Waals surface area contributed by atoms with Crippen molar-refractivity contribution in [3.63, 3.8) is 0 Å². The SMILES string of the molecule is CCCCCNc1ccc2c(=O)n3c4cccc([N+](=O)[O-])c4nc3c3cccc1c23. The van der Waals surface area contributed by atoms with Crippen molar-refractivity contribution in [2.24, 2.45) is 0 Å². The number of fused-ring (bicyclic) bond motifs is 4. The number of nitrogens with one attached hydrogen (secondary N) is 1. The Kier molecular flexibility index (Phi) is 4.24. The standard InChI is InChI=1S/C23H20N4O3/c1-2-3-4-13-24-17-12-11-16-20-14(17)7-5-8-15(20)22-25-21-18(26(22)23(16)28)9-6-10-19(21)27(29)30/h5-12,24H,2-4,13H2,1H3. The first-order chi connectivity index (χ1) is 14.6. The van der Waals surface area contributed by atoms with Crippen LogP contribution in [-0.4, -0.2) is 20.9 Å². The second kappa shape index (κ2) is 6.95. The molecule has 0 amide bonds. The smallest absolute Gasteiger partial charge is 0.297 e. The van der Waals surface area contributed by atoms with E-state index in [2.05, 4.69) is 17.2 Å².